The molecule has 0 atom stereocenters. The topological polar surface area (TPSA) is 0 Å². The van der Waals surface area contributed by atoms with Crippen molar-refractivity contribution in [1.29, 1.82) is 0 Å². The van der Waals surface area contributed by atoms with E-state index in [2.05, 4.69) is 55.5 Å². The maximum atomic E-state index is 2.26. The number of rotatable bonds is 5. The first-order valence-electron chi connectivity index (χ1n) is 7.49. The lowest BCUT2D eigenvalue weighted by molar-refractivity contribution is 0.701. The molecule has 2 aromatic carbocycles. The van der Waals surface area contributed by atoms with Gasteiger partial charge < -0.3 is 0 Å². The van der Waals surface area contributed by atoms with E-state index >= 15 is 0 Å². The molecule has 0 aliphatic rings. The van der Waals surface area contributed by atoms with Gasteiger partial charge in [0.2, 0.25) is 0 Å². The number of hydrogen-bond acceptors (Lipinski definition) is 0. The molecule has 0 spiro atoms. The Bertz CT molecular complexity index is 367. The molecule has 102 valence electrons. The summed E-state index contributed by atoms with van der Waals surface area (Å²) in [6, 6.07) is 22.3. The van der Waals surface area contributed by atoms with Gasteiger partial charge in [-0.05, 0) is 11.1 Å². The summed E-state index contributed by atoms with van der Waals surface area (Å²) in [6.07, 6.45) is 5.78. The largest absolute Gasteiger partial charge is 0.0658 e. The van der Waals surface area contributed by atoms with E-state index in [-0.39, 0.29) is 0 Å². The van der Waals surface area contributed by atoms with E-state index in [1.807, 2.05) is 12.1 Å². The molecule has 0 aliphatic carbocycles. The second kappa shape index (κ2) is 10.6. The molecule has 0 nitrogen and oxygen atoms in total. The van der Waals surface area contributed by atoms with Crippen LogP contribution in [0, 0.1) is 0 Å². The van der Waals surface area contributed by atoms with Crippen LogP contribution in [0.25, 0.3) is 11.1 Å². The van der Waals surface area contributed by atoms with Crippen molar-refractivity contribution in [2.24, 2.45) is 0 Å². The fourth-order valence-corrected chi connectivity index (χ4v) is 2.44. The lowest BCUT2D eigenvalue weighted by atomic mass is 10.1. The lowest BCUT2D eigenvalue weighted by Gasteiger charge is -1.98. The molecule has 2 rings (SSSR count). The van der Waals surface area contributed by atoms with Crippen LogP contribution in [0.5, 0.6) is 0 Å². The van der Waals surface area contributed by atoms with E-state index in [0.29, 0.717) is 0 Å². The summed E-state index contributed by atoms with van der Waals surface area (Å²) < 4.78 is 0. The van der Waals surface area contributed by atoms with E-state index in [1.165, 1.54) is 53.1 Å². The van der Waals surface area contributed by atoms with E-state index < -0.39 is 0 Å². The van der Waals surface area contributed by atoms with Gasteiger partial charge >= 0.3 is 0 Å². The van der Waals surface area contributed by atoms with Crippen LogP contribution in [0.4, 0.5) is 0 Å². The van der Waals surface area contributed by atoms with Gasteiger partial charge in [-0.15, -0.1) is 0 Å². The molecule has 0 N–H and O–H groups in total. The van der Waals surface area contributed by atoms with Gasteiger partial charge in [-0.2, -0.15) is 0 Å². The highest BCUT2D eigenvalue weighted by Crippen LogP contribution is 2.17. The maximum Gasteiger partial charge on any atom is 0.00279 e. The fraction of sp³-hybridized carbons (Fsp3) is 0.333. The Hall–Kier alpha value is -1.34. The maximum absolute atomic E-state index is 2.26. The molecule has 0 bridgehead atoms. The number of hydrogen-bond donors (Lipinski definition) is 0. The molecular weight excluding hydrogens is 244 g/mol. The van der Waals surface area contributed by atoms with Crippen LogP contribution in [-0.4, -0.2) is 10.2 Å². The molecule has 0 fully saturated rings. The molecule has 0 unspecified atom stereocenters. The minimum Gasteiger partial charge on any atom is -0.0658 e. The van der Waals surface area contributed by atoms with E-state index in [4.69, 9.17) is 0 Å². The van der Waals surface area contributed by atoms with Crippen molar-refractivity contribution >= 4 is 10.2 Å². The van der Waals surface area contributed by atoms with Crippen molar-refractivity contribution in [3.63, 3.8) is 0 Å². The Morgan fingerprint density at radius 3 is 1.53 bits per heavy atom. The minimum atomic E-state index is 1.28. The second-order valence-corrected chi connectivity index (χ2v) is 5.79. The molecule has 0 aromatic heterocycles. The Morgan fingerprint density at radius 1 is 0.684 bits per heavy atom. The zero-order chi connectivity index (χ0) is 13.8. The minimum absolute atomic E-state index is 1.28. The quantitative estimate of drug-likeness (QED) is 0.545. The molecule has 0 saturated heterocycles. The standard InChI is InChI=1S/C12H10.C6H16Si/c1-3-7-11(8-4-1)12-9-5-2-6-10-12;1-2-3-4-5-6-7/h1-10H;2-6H2,1,7H3. The summed E-state index contributed by atoms with van der Waals surface area (Å²) in [5, 5.41) is 0. The zero-order valence-corrected chi connectivity index (χ0v) is 14.3. The third-order valence-electron chi connectivity index (χ3n) is 3.09. The summed E-state index contributed by atoms with van der Waals surface area (Å²) >= 11 is 0. The molecule has 0 aliphatic heterocycles. The van der Waals surface area contributed by atoms with Crippen molar-refractivity contribution in [1.82, 2.24) is 0 Å². The predicted octanol–water partition coefficient (Wildman–Crippen LogP) is 4.70. The van der Waals surface area contributed by atoms with Crippen LogP contribution >= 0.6 is 0 Å². The van der Waals surface area contributed by atoms with Crippen LogP contribution in [0.15, 0.2) is 60.7 Å². The van der Waals surface area contributed by atoms with Crippen molar-refractivity contribution in [2.75, 3.05) is 0 Å². The third kappa shape index (κ3) is 6.97. The Kier molecular flexibility index (Phi) is 8.74. The average molecular weight is 270 g/mol. The molecule has 2 aromatic rings. The van der Waals surface area contributed by atoms with Crippen LogP contribution in [0.1, 0.15) is 32.6 Å². The first-order chi connectivity index (χ1) is 9.38. The Balaban J connectivity index is 0.000000224. The van der Waals surface area contributed by atoms with Crippen molar-refractivity contribution in [3.8, 4) is 11.1 Å². The van der Waals surface area contributed by atoms with Crippen LogP contribution in [-0.2, 0) is 0 Å². The van der Waals surface area contributed by atoms with Gasteiger partial charge in [0.25, 0.3) is 0 Å². The smallest absolute Gasteiger partial charge is 0.00279 e. The summed E-state index contributed by atoms with van der Waals surface area (Å²) in [6.45, 7) is 2.26. The predicted molar refractivity (Wildman–Crippen MR) is 90.8 cm³/mol. The van der Waals surface area contributed by atoms with Gasteiger partial charge in [0.05, 0.1) is 0 Å². The van der Waals surface area contributed by atoms with Gasteiger partial charge in [0.15, 0.2) is 0 Å². The monoisotopic (exact) mass is 270 g/mol. The van der Waals surface area contributed by atoms with Crippen LogP contribution < -0.4 is 0 Å². The van der Waals surface area contributed by atoms with Gasteiger partial charge in [-0.1, -0.05) is 99.3 Å². The van der Waals surface area contributed by atoms with Gasteiger partial charge in [0.1, 0.15) is 0 Å². The van der Waals surface area contributed by atoms with E-state index in [0.717, 1.165) is 0 Å². The number of unbranched alkanes of at least 4 members (excludes halogenated alkanes) is 3. The first kappa shape index (κ1) is 15.7. The van der Waals surface area contributed by atoms with E-state index in [9.17, 15) is 0 Å². The molecule has 0 saturated carbocycles. The van der Waals surface area contributed by atoms with Gasteiger partial charge in [0, 0.05) is 10.2 Å². The number of benzene rings is 2. The average Bonchev–Trinajstić information content (AvgIpc) is 2.50. The van der Waals surface area contributed by atoms with Gasteiger partial charge in [-0.3, -0.25) is 0 Å². The SMILES string of the molecule is CCCCCC[SiH3].c1ccc(-c2ccccc2)cc1. The first-order valence-corrected chi connectivity index (χ1v) is 8.90. The highest BCUT2D eigenvalue weighted by molar-refractivity contribution is 6.08. The van der Waals surface area contributed by atoms with Crippen LogP contribution in [0.2, 0.25) is 6.04 Å². The summed E-state index contributed by atoms with van der Waals surface area (Å²) in [5.41, 5.74) is 2.55. The summed E-state index contributed by atoms with van der Waals surface area (Å²) in [4.78, 5) is 0. The Labute approximate surface area is 121 Å². The Morgan fingerprint density at radius 2 is 1.16 bits per heavy atom. The summed E-state index contributed by atoms with van der Waals surface area (Å²) in [7, 11) is 1.41. The summed E-state index contributed by atoms with van der Waals surface area (Å²) in [5.74, 6) is 0. The van der Waals surface area contributed by atoms with Crippen LogP contribution in [0.3, 0.4) is 0 Å². The highest BCUT2D eigenvalue weighted by Gasteiger charge is 1.91. The van der Waals surface area contributed by atoms with Crippen molar-refractivity contribution in [3.05, 3.63) is 60.7 Å². The van der Waals surface area contributed by atoms with Crippen molar-refractivity contribution < 1.29 is 0 Å². The lowest BCUT2D eigenvalue weighted by Crippen LogP contribution is -1.73. The molecular formula is C18H26Si. The molecule has 19 heavy (non-hydrogen) atoms. The fourth-order valence-electron chi connectivity index (χ4n) is 1.94. The zero-order valence-electron chi connectivity index (χ0n) is 12.3. The van der Waals surface area contributed by atoms with Crippen molar-refractivity contribution in [2.45, 2.75) is 38.7 Å². The molecule has 1 heteroatoms. The molecule has 0 amide bonds. The van der Waals surface area contributed by atoms with E-state index in [1.54, 1.807) is 0 Å². The molecule has 0 radical (unpaired) electrons. The highest BCUT2D eigenvalue weighted by atomic mass is 28.1. The van der Waals surface area contributed by atoms with Gasteiger partial charge in [-0.25, -0.2) is 0 Å². The third-order valence-corrected chi connectivity index (χ3v) is 3.80. The molecule has 0 heterocycles. The second-order valence-electron chi connectivity index (χ2n) is 4.79. The normalized spacial score (nSPS) is 9.74.